The van der Waals surface area contributed by atoms with E-state index < -0.39 is 6.10 Å². The van der Waals surface area contributed by atoms with Gasteiger partial charge in [-0.05, 0) is 25.9 Å². The van der Waals surface area contributed by atoms with Gasteiger partial charge in [-0.25, -0.2) is 0 Å². The molecule has 0 aromatic carbocycles. The van der Waals surface area contributed by atoms with Gasteiger partial charge in [0.2, 0.25) is 5.91 Å². The number of β-amino-alcohol motifs (C(OH)–C–C–N with tert-alkyl or cyclic N) is 1. The summed E-state index contributed by atoms with van der Waals surface area (Å²) in [6.07, 6.45) is 0.606. The highest BCUT2D eigenvalue weighted by Gasteiger charge is 2.36. The fraction of sp³-hybridized carbons (Fsp3) is 0.929. The Bertz CT molecular complexity index is 312. The van der Waals surface area contributed by atoms with E-state index in [0.717, 1.165) is 6.54 Å². The molecule has 1 aliphatic heterocycles. The molecule has 1 heterocycles. The van der Waals surface area contributed by atoms with Crippen LogP contribution in [0.3, 0.4) is 0 Å². The third-order valence-corrected chi connectivity index (χ3v) is 3.80. The van der Waals surface area contributed by atoms with Crippen LogP contribution in [0.2, 0.25) is 0 Å². The lowest BCUT2D eigenvalue weighted by Crippen LogP contribution is -2.45. The van der Waals surface area contributed by atoms with Crippen LogP contribution in [0.5, 0.6) is 0 Å². The van der Waals surface area contributed by atoms with Crippen molar-refractivity contribution in [3.05, 3.63) is 0 Å². The average molecular weight is 271 g/mol. The van der Waals surface area contributed by atoms with Crippen molar-refractivity contribution in [1.82, 2.24) is 9.80 Å². The van der Waals surface area contributed by atoms with Crippen LogP contribution in [0.15, 0.2) is 0 Å². The zero-order valence-corrected chi connectivity index (χ0v) is 12.9. The summed E-state index contributed by atoms with van der Waals surface area (Å²) >= 11 is 0. The summed E-state index contributed by atoms with van der Waals surface area (Å²) in [6, 6.07) is -0.0533. The van der Waals surface area contributed by atoms with Gasteiger partial charge in [0.25, 0.3) is 0 Å². The van der Waals surface area contributed by atoms with Gasteiger partial charge in [-0.3, -0.25) is 4.79 Å². The van der Waals surface area contributed by atoms with Crippen molar-refractivity contribution in [1.29, 1.82) is 0 Å². The Balaban J connectivity index is 2.64. The molecule has 1 aliphatic rings. The molecule has 19 heavy (non-hydrogen) atoms. The van der Waals surface area contributed by atoms with E-state index in [9.17, 15) is 9.90 Å². The average Bonchev–Trinajstić information content (AvgIpc) is 2.56. The van der Waals surface area contributed by atoms with Crippen molar-refractivity contribution >= 4 is 5.91 Å². The first-order valence-corrected chi connectivity index (χ1v) is 6.99. The molecule has 0 saturated carbocycles. The van der Waals surface area contributed by atoms with Crippen molar-refractivity contribution in [2.24, 2.45) is 11.1 Å². The molecule has 3 atom stereocenters. The largest absolute Gasteiger partial charge is 0.391 e. The van der Waals surface area contributed by atoms with Crippen LogP contribution in [0, 0.1) is 5.41 Å². The van der Waals surface area contributed by atoms with Gasteiger partial charge in [0.05, 0.1) is 6.10 Å². The van der Waals surface area contributed by atoms with E-state index in [0.29, 0.717) is 19.4 Å². The van der Waals surface area contributed by atoms with Crippen molar-refractivity contribution in [2.45, 2.75) is 51.8 Å². The van der Waals surface area contributed by atoms with Crippen LogP contribution < -0.4 is 5.73 Å². The lowest BCUT2D eigenvalue weighted by atomic mass is 9.85. The van der Waals surface area contributed by atoms with Crippen LogP contribution >= 0.6 is 0 Å². The third kappa shape index (κ3) is 4.75. The Hall–Kier alpha value is -0.650. The molecular weight excluding hydrogens is 242 g/mol. The van der Waals surface area contributed by atoms with Gasteiger partial charge in [0, 0.05) is 31.6 Å². The summed E-state index contributed by atoms with van der Waals surface area (Å²) < 4.78 is 0. The zero-order chi connectivity index (χ0) is 14.8. The molecule has 1 rings (SSSR count). The van der Waals surface area contributed by atoms with Crippen LogP contribution in [0.4, 0.5) is 0 Å². The Morgan fingerprint density at radius 1 is 1.47 bits per heavy atom. The van der Waals surface area contributed by atoms with Gasteiger partial charge < -0.3 is 20.6 Å². The molecule has 5 heteroatoms. The molecule has 0 aliphatic carbocycles. The number of aliphatic hydroxyl groups is 1. The summed E-state index contributed by atoms with van der Waals surface area (Å²) in [5, 5.41) is 9.78. The summed E-state index contributed by atoms with van der Waals surface area (Å²) in [6.45, 7) is 7.35. The van der Waals surface area contributed by atoms with Gasteiger partial charge in [-0.15, -0.1) is 0 Å². The molecule has 112 valence electrons. The Morgan fingerprint density at radius 2 is 2.05 bits per heavy atom. The van der Waals surface area contributed by atoms with E-state index in [2.05, 4.69) is 0 Å². The number of carbonyl (C=O) groups is 1. The molecule has 0 radical (unpaired) electrons. The summed E-state index contributed by atoms with van der Waals surface area (Å²) in [4.78, 5) is 16.2. The molecule has 5 nitrogen and oxygen atoms in total. The molecular formula is C14H29N3O2. The molecule has 0 spiro atoms. The molecule has 1 fully saturated rings. The number of likely N-dealkylation sites (N-methyl/N-ethyl adjacent to an activating group) is 1. The first-order chi connectivity index (χ1) is 8.61. The summed E-state index contributed by atoms with van der Waals surface area (Å²) in [5.41, 5.74) is 6.00. The van der Waals surface area contributed by atoms with Crippen molar-refractivity contribution in [3.8, 4) is 0 Å². The predicted molar refractivity (Wildman–Crippen MR) is 76.7 cm³/mol. The maximum atomic E-state index is 12.4. The summed E-state index contributed by atoms with van der Waals surface area (Å²) in [7, 11) is 3.96. The van der Waals surface area contributed by atoms with Crippen molar-refractivity contribution in [2.75, 3.05) is 27.2 Å². The first-order valence-electron chi connectivity index (χ1n) is 6.99. The van der Waals surface area contributed by atoms with Crippen molar-refractivity contribution in [3.63, 3.8) is 0 Å². The second-order valence-electron chi connectivity index (χ2n) is 7.03. The van der Waals surface area contributed by atoms with E-state index in [-0.39, 0.29) is 23.4 Å². The van der Waals surface area contributed by atoms with Gasteiger partial charge in [-0.2, -0.15) is 0 Å². The van der Waals surface area contributed by atoms with Crippen LogP contribution in [0.1, 0.15) is 33.6 Å². The molecule has 0 bridgehead atoms. The molecule has 0 aromatic heterocycles. The van der Waals surface area contributed by atoms with E-state index in [1.54, 1.807) is 4.90 Å². The Morgan fingerprint density at radius 3 is 2.53 bits per heavy atom. The smallest absolute Gasteiger partial charge is 0.224 e. The highest BCUT2D eigenvalue weighted by molar-refractivity contribution is 5.77. The number of aliphatic hydroxyl groups excluding tert-OH is 1. The van der Waals surface area contributed by atoms with Crippen LogP contribution in [0.25, 0.3) is 0 Å². The molecule has 3 unspecified atom stereocenters. The lowest BCUT2D eigenvalue weighted by molar-refractivity contribution is -0.133. The molecule has 3 N–H and O–H groups in total. The summed E-state index contributed by atoms with van der Waals surface area (Å²) in [5.74, 6) is 0.0609. The number of carbonyl (C=O) groups excluding carboxylic acids is 1. The predicted octanol–water partition coefficient (Wildman–Crippen LogP) is 0.273. The van der Waals surface area contributed by atoms with Gasteiger partial charge >= 0.3 is 0 Å². The quantitative estimate of drug-likeness (QED) is 0.770. The Kier molecular flexibility index (Phi) is 5.35. The Labute approximate surface area is 116 Å². The maximum absolute atomic E-state index is 12.4. The monoisotopic (exact) mass is 271 g/mol. The van der Waals surface area contributed by atoms with Crippen LogP contribution in [-0.2, 0) is 4.79 Å². The molecule has 1 amide bonds. The second-order valence-corrected chi connectivity index (χ2v) is 7.03. The van der Waals surface area contributed by atoms with E-state index in [1.165, 1.54) is 0 Å². The van der Waals surface area contributed by atoms with Crippen LogP contribution in [-0.4, -0.2) is 66.2 Å². The minimum atomic E-state index is -0.403. The minimum Gasteiger partial charge on any atom is -0.391 e. The van der Waals surface area contributed by atoms with E-state index >= 15 is 0 Å². The number of hydrogen-bond acceptors (Lipinski definition) is 4. The number of nitrogens with zero attached hydrogens (tertiary/aromatic N) is 2. The number of hydrogen-bond donors (Lipinski definition) is 2. The SMILES string of the molecule is CN(C)CC1CC(O)CN1C(=O)CC(N)C(C)(C)C. The maximum Gasteiger partial charge on any atom is 0.224 e. The van der Waals surface area contributed by atoms with E-state index in [1.807, 2.05) is 39.8 Å². The fourth-order valence-electron chi connectivity index (χ4n) is 2.40. The minimum absolute atomic E-state index is 0.0609. The van der Waals surface area contributed by atoms with Gasteiger partial charge in [-0.1, -0.05) is 20.8 Å². The highest BCUT2D eigenvalue weighted by Crippen LogP contribution is 2.24. The molecule has 1 saturated heterocycles. The molecule has 0 aromatic rings. The van der Waals surface area contributed by atoms with E-state index in [4.69, 9.17) is 5.73 Å². The van der Waals surface area contributed by atoms with Gasteiger partial charge in [0.15, 0.2) is 0 Å². The van der Waals surface area contributed by atoms with Crippen molar-refractivity contribution < 1.29 is 9.90 Å². The third-order valence-electron chi connectivity index (χ3n) is 3.80. The standard InChI is InChI=1S/C14H29N3O2/c1-14(2,3)12(15)7-13(19)17-9-11(18)6-10(17)8-16(4)5/h10-12,18H,6-9,15H2,1-5H3. The second kappa shape index (κ2) is 6.20. The first kappa shape index (κ1) is 16.4. The van der Waals surface area contributed by atoms with Gasteiger partial charge in [0.1, 0.15) is 0 Å². The lowest BCUT2D eigenvalue weighted by Gasteiger charge is -2.31. The fourth-order valence-corrected chi connectivity index (χ4v) is 2.40. The number of rotatable bonds is 4. The zero-order valence-electron chi connectivity index (χ0n) is 12.9. The highest BCUT2D eigenvalue weighted by atomic mass is 16.3. The normalized spacial score (nSPS) is 26.0. The number of amides is 1. The topological polar surface area (TPSA) is 69.8 Å². The number of nitrogens with two attached hydrogens (primary N) is 1. The number of likely N-dealkylation sites (tertiary alicyclic amines) is 1.